The number of halogens is 1. The lowest BCUT2D eigenvalue weighted by Crippen LogP contribution is -2.08. The largest absolute Gasteiger partial charge is 0.496 e. The lowest BCUT2D eigenvalue weighted by atomic mass is 9.96. The number of hydrogen-bond acceptors (Lipinski definition) is 2. The molecule has 16 heavy (non-hydrogen) atoms. The molecule has 0 saturated carbocycles. The number of carboxylic acid groups (broad SMARTS) is 1. The summed E-state index contributed by atoms with van der Waals surface area (Å²) in [6.07, 6.45) is 0. The van der Waals surface area contributed by atoms with Gasteiger partial charge in [-0.3, -0.25) is 4.79 Å². The highest BCUT2D eigenvalue weighted by Gasteiger charge is 2.21. The molecule has 0 radical (unpaired) electrons. The van der Waals surface area contributed by atoms with E-state index in [1.807, 2.05) is 20.8 Å². The molecule has 3 nitrogen and oxygen atoms in total. The molecule has 0 aliphatic carbocycles. The molecule has 0 spiro atoms. The molecule has 0 aliphatic rings. The number of aliphatic carboxylic acids is 1. The molecule has 0 fully saturated rings. The summed E-state index contributed by atoms with van der Waals surface area (Å²) in [5.74, 6) is -0.246. The summed E-state index contributed by atoms with van der Waals surface area (Å²) in [6.45, 7) is 5.63. The monoisotopic (exact) mass is 242 g/mol. The third-order valence-electron chi connectivity index (χ3n) is 2.76. The van der Waals surface area contributed by atoms with Crippen LogP contribution in [0.15, 0.2) is 6.07 Å². The van der Waals surface area contributed by atoms with Gasteiger partial charge in [0.05, 0.1) is 7.11 Å². The highest BCUT2D eigenvalue weighted by Crippen LogP contribution is 2.33. The molecule has 0 amide bonds. The second-order valence-corrected chi connectivity index (χ2v) is 4.20. The van der Waals surface area contributed by atoms with Gasteiger partial charge >= 0.3 is 5.97 Å². The highest BCUT2D eigenvalue weighted by atomic mass is 35.5. The van der Waals surface area contributed by atoms with E-state index in [9.17, 15) is 4.79 Å². The third-order valence-corrected chi connectivity index (χ3v) is 3.18. The van der Waals surface area contributed by atoms with Gasteiger partial charge in [-0.2, -0.15) is 0 Å². The average Bonchev–Trinajstić information content (AvgIpc) is 2.23. The molecular formula is C12H15ClO3. The first-order valence-corrected chi connectivity index (χ1v) is 5.35. The summed E-state index contributed by atoms with van der Waals surface area (Å²) in [7, 11) is 1.60. The summed E-state index contributed by atoms with van der Waals surface area (Å²) >= 11 is 5.85. The fourth-order valence-electron chi connectivity index (χ4n) is 1.80. The summed E-state index contributed by atoms with van der Waals surface area (Å²) in [5.41, 5.74) is 3.33. The number of benzene rings is 1. The molecule has 0 bridgehead atoms. The van der Waals surface area contributed by atoms with Gasteiger partial charge in [-0.25, -0.2) is 0 Å². The van der Waals surface area contributed by atoms with Crippen molar-refractivity contribution in [2.45, 2.75) is 26.1 Å². The predicted octanol–water partition coefficient (Wildman–Crippen LogP) is 2.98. The summed E-state index contributed by atoms with van der Waals surface area (Å²) in [5, 5.41) is 7.89. The van der Waals surface area contributed by atoms with Crippen molar-refractivity contribution in [1.29, 1.82) is 0 Å². The highest BCUT2D eigenvalue weighted by molar-refractivity contribution is 6.29. The molecule has 0 saturated heterocycles. The fraction of sp³-hybridized carbons (Fsp3) is 0.417. The van der Waals surface area contributed by atoms with E-state index in [4.69, 9.17) is 21.4 Å². The zero-order valence-electron chi connectivity index (χ0n) is 9.80. The van der Waals surface area contributed by atoms with Crippen molar-refractivity contribution >= 4 is 17.6 Å². The zero-order valence-corrected chi connectivity index (χ0v) is 10.6. The van der Waals surface area contributed by atoms with Gasteiger partial charge in [-0.1, -0.05) is 6.07 Å². The number of methoxy groups -OCH3 is 1. The van der Waals surface area contributed by atoms with Gasteiger partial charge in [0, 0.05) is 0 Å². The van der Waals surface area contributed by atoms with Crippen molar-refractivity contribution < 1.29 is 14.6 Å². The van der Waals surface area contributed by atoms with Crippen molar-refractivity contribution in [3.63, 3.8) is 0 Å². The van der Waals surface area contributed by atoms with E-state index in [1.165, 1.54) is 0 Å². The van der Waals surface area contributed by atoms with Gasteiger partial charge < -0.3 is 9.84 Å². The van der Waals surface area contributed by atoms with Crippen LogP contribution in [0.5, 0.6) is 5.75 Å². The van der Waals surface area contributed by atoms with Gasteiger partial charge in [0.25, 0.3) is 0 Å². The van der Waals surface area contributed by atoms with Crippen LogP contribution in [0.25, 0.3) is 0 Å². The smallest absolute Gasteiger partial charge is 0.326 e. The van der Waals surface area contributed by atoms with Crippen molar-refractivity contribution in [3.05, 3.63) is 28.3 Å². The number of hydrogen-bond donors (Lipinski definition) is 1. The second kappa shape index (κ2) is 4.74. The number of alkyl halides is 1. The van der Waals surface area contributed by atoms with Crippen molar-refractivity contribution in [1.82, 2.24) is 0 Å². The Balaban J connectivity index is 3.39. The van der Waals surface area contributed by atoms with Crippen molar-refractivity contribution in [2.75, 3.05) is 7.11 Å². The van der Waals surface area contributed by atoms with E-state index in [1.54, 1.807) is 13.2 Å². The minimum absolute atomic E-state index is 0.630. The topological polar surface area (TPSA) is 46.5 Å². The van der Waals surface area contributed by atoms with Crippen molar-refractivity contribution in [2.24, 2.45) is 0 Å². The normalized spacial score (nSPS) is 12.3. The minimum Gasteiger partial charge on any atom is -0.496 e. The Morgan fingerprint density at radius 1 is 1.38 bits per heavy atom. The number of ether oxygens (including phenoxy) is 1. The van der Waals surface area contributed by atoms with Crippen LogP contribution in [0.4, 0.5) is 0 Å². The number of carboxylic acids is 1. The van der Waals surface area contributed by atoms with Gasteiger partial charge in [0.15, 0.2) is 5.38 Å². The Labute approximate surface area is 100.0 Å². The molecule has 0 aliphatic heterocycles. The predicted molar refractivity (Wildman–Crippen MR) is 63.4 cm³/mol. The molecular weight excluding hydrogens is 228 g/mol. The van der Waals surface area contributed by atoms with Crippen LogP contribution >= 0.6 is 11.6 Å². The SMILES string of the molecule is COc1c(C)cc(C(Cl)C(=O)O)c(C)c1C. The van der Waals surface area contributed by atoms with Crippen LogP contribution in [-0.4, -0.2) is 18.2 Å². The average molecular weight is 243 g/mol. The summed E-state index contributed by atoms with van der Waals surface area (Å²) < 4.78 is 5.26. The first-order chi connectivity index (χ1) is 7.40. The standard InChI is InChI=1S/C12H15ClO3/c1-6-5-9(10(13)12(14)15)7(2)8(3)11(6)16-4/h5,10H,1-4H3,(H,14,15). The van der Waals surface area contributed by atoms with Crippen LogP contribution in [0, 0.1) is 20.8 Å². The third kappa shape index (κ3) is 2.14. The molecule has 1 N–H and O–H groups in total. The quantitative estimate of drug-likeness (QED) is 0.829. The number of rotatable bonds is 3. The number of carbonyl (C=O) groups is 1. The summed E-state index contributed by atoms with van der Waals surface area (Å²) in [6, 6.07) is 1.77. The van der Waals surface area contributed by atoms with Gasteiger partial charge in [-0.15, -0.1) is 11.6 Å². The maximum Gasteiger partial charge on any atom is 0.326 e. The molecule has 4 heteroatoms. The first-order valence-electron chi connectivity index (χ1n) is 4.91. The molecule has 1 aromatic carbocycles. The molecule has 0 aromatic heterocycles. The van der Waals surface area contributed by atoms with Crippen molar-refractivity contribution in [3.8, 4) is 5.75 Å². The second-order valence-electron chi connectivity index (χ2n) is 3.77. The number of aryl methyl sites for hydroxylation is 1. The van der Waals surface area contributed by atoms with Crippen LogP contribution in [0.2, 0.25) is 0 Å². The van der Waals surface area contributed by atoms with Crippen LogP contribution in [0.1, 0.15) is 27.6 Å². The zero-order chi connectivity index (χ0) is 12.5. The van der Waals surface area contributed by atoms with Gasteiger partial charge in [-0.05, 0) is 43.0 Å². The molecule has 1 aromatic rings. The van der Waals surface area contributed by atoms with Gasteiger partial charge in [0.1, 0.15) is 5.75 Å². The molecule has 1 unspecified atom stereocenters. The Hall–Kier alpha value is -1.22. The van der Waals surface area contributed by atoms with E-state index >= 15 is 0 Å². The molecule has 88 valence electrons. The Bertz CT molecular complexity index is 427. The Kier molecular flexibility index (Phi) is 3.81. The first kappa shape index (κ1) is 12.8. The van der Waals surface area contributed by atoms with E-state index < -0.39 is 11.3 Å². The molecule has 1 atom stereocenters. The lowest BCUT2D eigenvalue weighted by Gasteiger charge is -2.16. The molecule has 0 heterocycles. The Morgan fingerprint density at radius 3 is 2.38 bits per heavy atom. The lowest BCUT2D eigenvalue weighted by molar-refractivity contribution is -0.136. The summed E-state index contributed by atoms with van der Waals surface area (Å²) in [4.78, 5) is 10.9. The van der Waals surface area contributed by atoms with Gasteiger partial charge in [0.2, 0.25) is 0 Å². The van der Waals surface area contributed by atoms with Crippen LogP contribution < -0.4 is 4.74 Å². The van der Waals surface area contributed by atoms with E-state index in [-0.39, 0.29) is 0 Å². The molecule has 1 rings (SSSR count). The van der Waals surface area contributed by atoms with Crippen LogP contribution in [-0.2, 0) is 4.79 Å². The van der Waals surface area contributed by atoms with E-state index in [2.05, 4.69) is 0 Å². The van der Waals surface area contributed by atoms with E-state index in [0.29, 0.717) is 5.56 Å². The van der Waals surface area contributed by atoms with Crippen LogP contribution in [0.3, 0.4) is 0 Å². The Morgan fingerprint density at radius 2 is 1.94 bits per heavy atom. The van der Waals surface area contributed by atoms with E-state index in [0.717, 1.165) is 22.4 Å². The maximum atomic E-state index is 10.9. The fourth-order valence-corrected chi connectivity index (χ4v) is 2.03. The minimum atomic E-state index is -1.03. The maximum absolute atomic E-state index is 10.9.